The molecule has 4 aromatic carbocycles. The zero-order valence-electron chi connectivity index (χ0n) is 20.7. The Labute approximate surface area is 242 Å². The maximum absolute atomic E-state index is 7.50. The molecule has 1 aliphatic heterocycles. The van der Waals surface area contributed by atoms with E-state index < -0.39 is 23.3 Å². The van der Waals surface area contributed by atoms with Crippen molar-refractivity contribution in [3.8, 4) is 23.0 Å². The Morgan fingerprint density at radius 2 is 1.00 bits per heavy atom. The number of benzene rings is 4. The summed E-state index contributed by atoms with van der Waals surface area (Å²) in [5, 5.41) is 0. The van der Waals surface area contributed by atoms with Crippen molar-refractivity contribution >= 4 is 69.0 Å². The Bertz CT molecular complexity index is 1520. The Kier molecular flexibility index (Phi) is 7.83. The van der Waals surface area contributed by atoms with E-state index in [-0.39, 0.29) is 34.4 Å². The molecule has 5 rings (SSSR count). The van der Waals surface area contributed by atoms with Crippen molar-refractivity contribution in [3.05, 3.63) is 97.1 Å². The van der Waals surface area contributed by atoms with Crippen LogP contribution in [0.15, 0.2) is 102 Å². The topological polar surface area (TPSA) is 169 Å². The molecule has 4 aromatic rings. The Morgan fingerprint density at radius 1 is 0.650 bits per heavy atom. The second-order valence-electron chi connectivity index (χ2n) is 8.39. The first-order valence-corrected chi connectivity index (χ1v) is 17.4. The number of nitrogens with one attached hydrogen (secondary N) is 1. The summed E-state index contributed by atoms with van der Waals surface area (Å²) in [7, 11) is -4.35. The molecule has 16 heteroatoms. The number of anilines is 4. The van der Waals surface area contributed by atoms with Crippen molar-refractivity contribution in [3.63, 3.8) is 0 Å². The number of hydrogen-bond acceptors (Lipinski definition) is 11. The fourth-order valence-corrected chi connectivity index (χ4v) is 14.1. The van der Waals surface area contributed by atoms with Gasteiger partial charge >= 0.3 is 243 Å². The molecule has 9 N–H and O–H groups in total. The van der Waals surface area contributed by atoms with E-state index in [2.05, 4.69) is 9.37 Å². The molecule has 1 aliphatic rings. The van der Waals surface area contributed by atoms with E-state index in [9.17, 15) is 0 Å². The van der Waals surface area contributed by atoms with Gasteiger partial charge in [0.15, 0.2) is 0 Å². The second kappa shape index (κ2) is 11.0. The predicted molar refractivity (Wildman–Crippen MR) is 167 cm³/mol. The van der Waals surface area contributed by atoms with Crippen LogP contribution in [0.5, 0.6) is 23.0 Å². The molecule has 0 aliphatic carbocycles. The van der Waals surface area contributed by atoms with E-state index in [0.29, 0.717) is 11.4 Å². The van der Waals surface area contributed by atoms with Crippen LogP contribution in [-0.4, -0.2) is 3.96 Å². The Hall–Kier alpha value is -3.13. The van der Waals surface area contributed by atoms with Crippen LogP contribution >= 0.6 is 46.3 Å². The van der Waals surface area contributed by atoms with Crippen molar-refractivity contribution in [2.75, 3.05) is 22.9 Å². The average molecular weight is 640 g/mol. The number of para-hydroxylation sites is 8. The van der Waals surface area contributed by atoms with Crippen molar-refractivity contribution in [1.82, 2.24) is 8.82 Å². The van der Waals surface area contributed by atoms with E-state index in [4.69, 9.17) is 64.0 Å². The van der Waals surface area contributed by atoms with Gasteiger partial charge in [-0.25, -0.2) is 0 Å². The summed E-state index contributed by atoms with van der Waals surface area (Å²) in [5.41, 5.74) is 26.1. The molecule has 0 radical (unpaired) electrons. The molecule has 1 heterocycles. The third kappa shape index (κ3) is 5.42. The summed E-state index contributed by atoms with van der Waals surface area (Å²) < 4.78 is 31.4. The summed E-state index contributed by atoms with van der Waals surface area (Å²) in [6.07, 6.45) is 0. The second-order valence-corrected chi connectivity index (χ2v) is 17.4. The van der Waals surface area contributed by atoms with Gasteiger partial charge in [-0.05, 0) is 0 Å². The molecule has 0 aromatic heterocycles. The molecular formula is C24H26Cl2N7O4P3. The number of halogens is 2. The van der Waals surface area contributed by atoms with Crippen molar-refractivity contribution in [2.45, 2.75) is 0 Å². The first-order valence-electron chi connectivity index (χ1n) is 11.6. The normalized spacial score (nSPS) is 18.9. The molecular weight excluding hydrogens is 614 g/mol. The monoisotopic (exact) mass is 639 g/mol. The van der Waals surface area contributed by atoms with Crippen LogP contribution in [0, 0.1) is 0 Å². The molecule has 0 spiro atoms. The van der Waals surface area contributed by atoms with Crippen LogP contribution in [0.1, 0.15) is 0 Å². The van der Waals surface area contributed by atoms with Gasteiger partial charge in [0, 0.05) is 0 Å². The number of nitrogen functional groups attached to an aromatic ring is 4. The van der Waals surface area contributed by atoms with E-state index >= 15 is 0 Å². The summed E-state index contributed by atoms with van der Waals surface area (Å²) in [5.74, 6) is 0.857. The zero-order valence-corrected chi connectivity index (χ0v) is 25.0. The Balaban J connectivity index is 1.72. The SMILES string of the molecule is Nc1ccccc1OP1(Oc2ccccc2N)=NPNP(Cl)(Oc2ccccc2N)(Oc2ccccc2N)N1Cl. The van der Waals surface area contributed by atoms with E-state index in [1.54, 1.807) is 97.1 Å². The van der Waals surface area contributed by atoms with Crippen LogP contribution < -0.4 is 45.9 Å². The Morgan fingerprint density at radius 3 is 1.38 bits per heavy atom. The van der Waals surface area contributed by atoms with Gasteiger partial charge in [-0.1, -0.05) is 0 Å². The van der Waals surface area contributed by atoms with E-state index in [1.165, 1.54) is 0 Å². The number of nitrogens with two attached hydrogens (primary N) is 4. The van der Waals surface area contributed by atoms with E-state index in [1.807, 2.05) is 0 Å². The first kappa shape index (κ1) is 28.4. The molecule has 210 valence electrons. The van der Waals surface area contributed by atoms with Gasteiger partial charge in [0.05, 0.1) is 0 Å². The minimum absolute atomic E-state index is 0.186. The van der Waals surface area contributed by atoms with Crippen LogP contribution in [0.4, 0.5) is 22.7 Å². The molecule has 1 atom stereocenters. The number of rotatable bonds is 8. The van der Waals surface area contributed by atoms with Crippen molar-refractivity contribution in [1.29, 1.82) is 0 Å². The molecule has 11 nitrogen and oxygen atoms in total. The van der Waals surface area contributed by atoms with Gasteiger partial charge in [0.2, 0.25) is 0 Å². The summed E-state index contributed by atoms with van der Waals surface area (Å²) in [4.78, 5) is 3.07. The standard InChI is InChI=1S/C24H26Cl2N7O4P3/c25-33-39(34-21-13-5-1-9-17(21)27,35-22-14-6-2-10-18(22)28)31-38-32-40(33,26,36-23-15-7-3-11-19(23)29)37-24-16-8-4-12-20(24)30/h1-16,32,38H,27-30H2. The molecule has 0 bridgehead atoms. The van der Waals surface area contributed by atoms with Gasteiger partial charge < -0.3 is 0 Å². The van der Waals surface area contributed by atoms with Crippen LogP contribution in [0.3, 0.4) is 0 Å². The van der Waals surface area contributed by atoms with Crippen LogP contribution in [0.25, 0.3) is 0 Å². The third-order valence-corrected chi connectivity index (χ3v) is 16.9. The maximum atomic E-state index is 7.50. The van der Waals surface area contributed by atoms with Crippen LogP contribution in [-0.2, 0) is 0 Å². The predicted octanol–water partition coefficient (Wildman–Crippen LogP) is 7.51. The van der Waals surface area contributed by atoms with Gasteiger partial charge in [0.1, 0.15) is 0 Å². The van der Waals surface area contributed by atoms with Gasteiger partial charge in [-0.15, -0.1) is 0 Å². The van der Waals surface area contributed by atoms with Gasteiger partial charge in [-0.3, -0.25) is 0 Å². The van der Waals surface area contributed by atoms with Crippen molar-refractivity contribution < 1.29 is 18.1 Å². The molecule has 40 heavy (non-hydrogen) atoms. The molecule has 1 unspecified atom stereocenters. The van der Waals surface area contributed by atoms with Crippen LogP contribution in [0.2, 0.25) is 0 Å². The molecule has 0 amide bonds. The quantitative estimate of drug-likeness (QED) is 0.0738. The molecule has 0 saturated carbocycles. The number of hydrogen-bond donors (Lipinski definition) is 5. The van der Waals surface area contributed by atoms with Gasteiger partial charge in [-0.2, -0.15) is 0 Å². The molecule has 0 fully saturated rings. The third-order valence-electron chi connectivity index (χ3n) is 5.52. The van der Waals surface area contributed by atoms with Crippen molar-refractivity contribution in [2.24, 2.45) is 4.52 Å². The zero-order chi connectivity index (χ0) is 28.4. The number of nitrogens with zero attached hydrogens (tertiary/aromatic N) is 2. The first-order chi connectivity index (χ1) is 19.1. The summed E-state index contributed by atoms with van der Waals surface area (Å²) >= 11 is 14.7. The summed E-state index contributed by atoms with van der Waals surface area (Å²) in [6, 6.07) is 27.1. The minimum atomic E-state index is -5.03. The van der Waals surface area contributed by atoms with Gasteiger partial charge in [0.25, 0.3) is 0 Å². The fraction of sp³-hybridized carbons (Fsp3) is 0. The average Bonchev–Trinajstić information content (AvgIpc) is 2.93. The molecule has 0 saturated heterocycles. The van der Waals surface area contributed by atoms with E-state index in [0.717, 1.165) is 3.96 Å². The fourth-order valence-electron chi connectivity index (χ4n) is 3.55. The summed E-state index contributed by atoms with van der Waals surface area (Å²) in [6.45, 7) is -5.03.